The number of benzene rings is 1. The topological polar surface area (TPSA) is 40.6 Å². The molecular weight excluding hydrogens is 429 g/mol. The predicted octanol–water partition coefficient (Wildman–Crippen LogP) is 8.38. The third kappa shape index (κ3) is 11.3. The molecule has 0 spiro atoms. The van der Waals surface area contributed by atoms with E-state index < -0.39 is 0 Å². The Morgan fingerprint density at radius 2 is 1.47 bits per heavy atom. The number of hydrogen-bond donors (Lipinski definition) is 0. The smallest absolute Gasteiger partial charge is 0.165 e. The molecule has 1 aromatic carbocycles. The lowest BCUT2D eigenvalue weighted by atomic mass is 10.1. The molecule has 0 N–H and O–H groups in total. The van der Waals surface area contributed by atoms with Crippen LogP contribution in [0.5, 0.6) is 11.5 Å². The van der Waals surface area contributed by atoms with Crippen LogP contribution in [0.15, 0.2) is 36.5 Å². The van der Waals surface area contributed by atoms with Crippen molar-refractivity contribution in [3.8, 4) is 22.8 Å². The minimum absolute atomic E-state index is 0.0311. The van der Waals surface area contributed by atoms with Crippen molar-refractivity contribution in [1.29, 1.82) is 0 Å². The molecule has 0 radical (unpaired) electrons. The summed E-state index contributed by atoms with van der Waals surface area (Å²) in [4.78, 5) is 4.44. The van der Waals surface area contributed by atoms with Gasteiger partial charge in [-0.1, -0.05) is 71.6 Å². The number of aromatic nitrogens is 1. The van der Waals surface area contributed by atoms with Crippen LogP contribution in [0.3, 0.4) is 0 Å². The fourth-order valence-corrected chi connectivity index (χ4v) is 3.73. The van der Waals surface area contributed by atoms with Crippen LogP contribution in [0.1, 0.15) is 91.4 Å². The monoisotopic (exact) mass is 473 g/mol. The van der Waals surface area contributed by atoms with E-state index in [1.54, 1.807) is 12.3 Å². The summed E-state index contributed by atoms with van der Waals surface area (Å²) < 4.78 is 31.7. The molecule has 5 heteroatoms. The van der Waals surface area contributed by atoms with Gasteiger partial charge in [0.15, 0.2) is 11.6 Å². The molecular formula is C29H44FNO3. The van der Waals surface area contributed by atoms with Gasteiger partial charge in [-0.2, -0.15) is 0 Å². The van der Waals surface area contributed by atoms with Crippen molar-refractivity contribution < 1.29 is 18.6 Å². The molecule has 0 aliphatic carbocycles. The number of rotatable bonds is 19. The van der Waals surface area contributed by atoms with Crippen molar-refractivity contribution >= 4 is 0 Å². The highest BCUT2D eigenvalue weighted by Gasteiger charge is 2.09. The Hall–Kier alpha value is -2.14. The average Bonchev–Trinajstić information content (AvgIpc) is 2.85. The van der Waals surface area contributed by atoms with Crippen molar-refractivity contribution in [2.24, 2.45) is 0 Å². The largest absolute Gasteiger partial charge is 0.491 e. The summed E-state index contributed by atoms with van der Waals surface area (Å²) in [6.07, 6.45) is 15.0. The fraction of sp³-hybridized carbons (Fsp3) is 0.621. The highest BCUT2D eigenvalue weighted by Crippen LogP contribution is 2.26. The summed E-state index contributed by atoms with van der Waals surface area (Å²) in [5.74, 6) is 0.626. The first-order valence-corrected chi connectivity index (χ1v) is 13.3. The lowest BCUT2D eigenvalue weighted by molar-refractivity contribution is 0.0301. The van der Waals surface area contributed by atoms with Crippen LogP contribution in [0.25, 0.3) is 11.3 Å². The van der Waals surface area contributed by atoms with Gasteiger partial charge in [0.2, 0.25) is 0 Å². The van der Waals surface area contributed by atoms with Gasteiger partial charge < -0.3 is 14.2 Å². The maximum atomic E-state index is 14.5. The lowest BCUT2D eigenvalue weighted by Crippen LogP contribution is -2.18. The molecule has 2 aromatic rings. The first-order valence-electron chi connectivity index (χ1n) is 13.3. The summed E-state index contributed by atoms with van der Waals surface area (Å²) in [7, 11) is 0. The first kappa shape index (κ1) is 28.1. The number of halogens is 1. The number of ether oxygens (including phenoxy) is 3. The van der Waals surface area contributed by atoms with Crippen molar-refractivity contribution in [2.75, 3.05) is 19.8 Å². The van der Waals surface area contributed by atoms with Crippen molar-refractivity contribution in [2.45, 2.75) is 97.5 Å². The van der Waals surface area contributed by atoms with Crippen molar-refractivity contribution in [1.82, 2.24) is 4.98 Å². The molecule has 4 nitrogen and oxygen atoms in total. The molecule has 0 amide bonds. The van der Waals surface area contributed by atoms with E-state index in [1.165, 1.54) is 57.4 Å². The van der Waals surface area contributed by atoms with Gasteiger partial charge in [-0.05, 0) is 50.1 Å². The molecule has 34 heavy (non-hydrogen) atoms. The van der Waals surface area contributed by atoms with E-state index >= 15 is 0 Å². The minimum Gasteiger partial charge on any atom is -0.491 e. The number of unbranched alkanes of at least 4 members (excludes halogenated alkanes) is 9. The number of pyridine rings is 1. The van der Waals surface area contributed by atoms with Crippen LogP contribution < -0.4 is 9.47 Å². The van der Waals surface area contributed by atoms with Crippen LogP contribution in [0.4, 0.5) is 4.39 Å². The molecule has 0 aliphatic heterocycles. The lowest BCUT2D eigenvalue weighted by Gasteiger charge is -2.14. The third-order valence-electron chi connectivity index (χ3n) is 5.85. The molecule has 0 saturated heterocycles. The summed E-state index contributed by atoms with van der Waals surface area (Å²) in [6.45, 7) is 8.25. The zero-order valence-corrected chi connectivity index (χ0v) is 21.5. The Morgan fingerprint density at radius 3 is 2.12 bits per heavy atom. The normalized spacial score (nSPS) is 12.0. The van der Waals surface area contributed by atoms with Gasteiger partial charge in [-0.3, -0.25) is 4.98 Å². The van der Waals surface area contributed by atoms with E-state index in [9.17, 15) is 4.39 Å². The van der Waals surface area contributed by atoms with Gasteiger partial charge in [0.05, 0.1) is 24.6 Å². The average molecular weight is 474 g/mol. The number of hydrogen-bond acceptors (Lipinski definition) is 4. The van der Waals surface area contributed by atoms with Gasteiger partial charge in [-0.25, -0.2) is 4.39 Å². The highest BCUT2D eigenvalue weighted by molar-refractivity contribution is 5.60. The van der Waals surface area contributed by atoms with E-state index in [2.05, 4.69) is 18.8 Å². The molecule has 1 heterocycles. The van der Waals surface area contributed by atoms with Gasteiger partial charge in [0, 0.05) is 12.2 Å². The molecule has 1 unspecified atom stereocenters. The van der Waals surface area contributed by atoms with Crippen LogP contribution >= 0.6 is 0 Å². The highest BCUT2D eigenvalue weighted by atomic mass is 19.1. The first-order chi connectivity index (χ1) is 16.6. The maximum Gasteiger partial charge on any atom is 0.165 e. The van der Waals surface area contributed by atoms with E-state index in [1.807, 2.05) is 25.1 Å². The Labute approximate surface area is 206 Å². The Morgan fingerprint density at radius 1 is 0.794 bits per heavy atom. The van der Waals surface area contributed by atoms with E-state index in [0.29, 0.717) is 30.4 Å². The van der Waals surface area contributed by atoms with Gasteiger partial charge in [-0.15, -0.1) is 0 Å². The van der Waals surface area contributed by atoms with Crippen molar-refractivity contribution in [3.05, 3.63) is 42.3 Å². The molecule has 0 bridgehead atoms. The zero-order valence-electron chi connectivity index (χ0n) is 21.5. The molecule has 1 atom stereocenters. The summed E-state index contributed by atoms with van der Waals surface area (Å²) >= 11 is 0. The van der Waals surface area contributed by atoms with E-state index in [-0.39, 0.29) is 11.9 Å². The second kappa shape index (κ2) is 17.3. The fourth-order valence-electron chi connectivity index (χ4n) is 3.73. The third-order valence-corrected chi connectivity index (χ3v) is 5.85. The van der Waals surface area contributed by atoms with Gasteiger partial charge in [0.1, 0.15) is 12.4 Å². The van der Waals surface area contributed by atoms with Crippen LogP contribution in [0, 0.1) is 5.82 Å². The standard InChI is InChI=1S/C29H44FNO3/c1-4-6-8-10-12-13-19-32-24(3)23-34-26-16-17-28(31-22-26)25-15-18-29(27(30)21-25)33-20-14-11-9-7-5-2/h15-18,21-22,24H,4-14,19-20,23H2,1-3H3. The van der Waals surface area contributed by atoms with Gasteiger partial charge >= 0.3 is 0 Å². The summed E-state index contributed by atoms with van der Waals surface area (Å²) in [5, 5.41) is 0. The molecule has 0 fully saturated rings. The van der Waals surface area contributed by atoms with E-state index in [4.69, 9.17) is 14.2 Å². The summed E-state index contributed by atoms with van der Waals surface area (Å²) in [5.41, 5.74) is 1.42. The van der Waals surface area contributed by atoms with Crippen molar-refractivity contribution in [3.63, 3.8) is 0 Å². The van der Waals surface area contributed by atoms with Crippen LogP contribution in [0.2, 0.25) is 0 Å². The molecule has 190 valence electrons. The SMILES string of the molecule is CCCCCCCCOC(C)COc1ccc(-c2ccc(OCCCCCCC)c(F)c2)nc1. The Bertz CT molecular complexity index is 781. The second-order valence-corrected chi connectivity index (χ2v) is 9.05. The Kier molecular flexibility index (Phi) is 14.3. The maximum absolute atomic E-state index is 14.5. The molecule has 0 saturated carbocycles. The molecule has 1 aromatic heterocycles. The second-order valence-electron chi connectivity index (χ2n) is 9.05. The van der Waals surface area contributed by atoms with Gasteiger partial charge in [0.25, 0.3) is 0 Å². The van der Waals surface area contributed by atoms with Crippen LogP contribution in [-0.2, 0) is 4.74 Å². The number of nitrogens with zero attached hydrogens (tertiary/aromatic N) is 1. The molecule has 0 aliphatic rings. The predicted molar refractivity (Wildman–Crippen MR) is 138 cm³/mol. The Balaban J connectivity index is 1.70. The molecule has 2 rings (SSSR count). The van der Waals surface area contributed by atoms with Crippen LogP contribution in [-0.4, -0.2) is 30.9 Å². The quantitative estimate of drug-likeness (QED) is 0.192. The summed E-state index contributed by atoms with van der Waals surface area (Å²) in [6, 6.07) is 8.72. The van der Waals surface area contributed by atoms with E-state index in [0.717, 1.165) is 31.4 Å². The zero-order chi connectivity index (χ0) is 24.4. The minimum atomic E-state index is -0.357.